The summed E-state index contributed by atoms with van der Waals surface area (Å²) >= 11 is 5.94. The number of aryl methyl sites for hydroxylation is 1. The number of nitrogens with zero attached hydrogens (tertiary/aromatic N) is 2. The molecular weight excluding hydrogens is 272 g/mol. The molecule has 0 N–H and O–H groups in total. The molecule has 3 rings (SSSR count). The number of halogens is 1. The van der Waals surface area contributed by atoms with Crippen molar-refractivity contribution in [2.75, 3.05) is 13.6 Å². The lowest BCUT2D eigenvalue weighted by Crippen LogP contribution is -2.33. The van der Waals surface area contributed by atoms with Gasteiger partial charge >= 0.3 is 0 Å². The SMILES string of the molecule is Cc1cc(C(=O)N(C)CC2CC3CCC2C3)cc(Cl)n1. The Morgan fingerprint density at radius 1 is 1.40 bits per heavy atom. The van der Waals surface area contributed by atoms with Gasteiger partial charge in [-0.15, -0.1) is 0 Å². The van der Waals surface area contributed by atoms with Gasteiger partial charge in [-0.3, -0.25) is 4.79 Å². The van der Waals surface area contributed by atoms with Gasteiger partial charge in [0, 0.05) is 24.8 Å². The number of hydrogen-bond acceptors (Lipinski definition) is 2. The molecule has 4 heteroatoms. The van der Waals surface area contributed by atoms with Crippen LogP contribution in [0.5, 0.6) is 0 Å². The second-order valence-corrected chi connectivity index (χ2v) is 6.83. The summed E-state index contributed by atoms with van der Waals surface area (Å²) in [7, 11) is 1.90. The molecule has 1 heterocycles. The van der Waals surface area contributed by atoms with E-state index in [-0.39, 0.29) is 5.91 Å². The second kappa shape index (κ2) is 5.36. The molecule has 3 unspecified atom stereocenters. The van der Waals surface area contributed by atoms with Crippen LogP contribution in [0.15, 0.2) is 12.1 Å². The van der Waals surface area contributed by atoms with E-state index >= 15 is 0 Å². The van der Waals surface area contributed by atoms with Gasteiger partial charge in [-0.25, -0.2) is 4.98 Å². The van der Waals surface area contributed by atoms with E-state index in [9.17, 15) is 4.79 Å². The summed E-state index contributed by atoms with van der Waals surface area (Å²) in [4.78, 5) is 18.4. The molecule has 20 heavy (non-hydrogen) atoms. The molecule has 1 aromatic rings. The Labute approximate surface area is 125 Å². The fourth-order valence-corrected chi connectivity index (χ4v) is 4.26. The monoisotopic (exact) mass is 292 g/mol. The average molecular weight is 293 g/mol. The Morgan fingerprint density at radius 3 is 2.80 bits per heavy atom. The summed E-state index contributed by atoms with van der Waals surface area (Å²) in [6.07, 6.45) is 5.45. The first-order chi connectivity index (χ1) is 9.52. The van der Waals surface area contributed by atoms with Crippen LogP contribution in [0.3, 0.4) is 0 Å². The predicted molar refractivity (Wildman–Crippen MR) is 79.9 cm³/mol. The van der Waals surface area contributed by atoms with Crippen LogP contribution in [-0.4, -0.2) is 29.4 Å². The third-order valence-electron chi connectivity index (χ3n) is 4.91. The number of hydrogen-bond donors (Lipinski definition) is 0. The minimum absolute atomic E-state index is 0.0557. The van der Waals surface area contributed by atoms with Crippen LogP contribution in [0.4, 0.5) is 0 Å². The first kappa shape index (κ1) is 13.9. The van der Waals surface area contributed by atoms with Gasteiger partial charge in [-0.05, 0) is 56.1 Å². The lowest BCUT2D eigenvalue weighted by Gasteiger charge is -2.27. The van der Waals surface area contributed by atoms with E-state index in [1.54, 1.807) is 6.07 Å². The Hall–Kier alpha value is -1.09. The van der Waals surface area contributed by atoms with E-state index in [0.29, 0.717) is 16.6 Å². The molecule has 2 bridgehead atoms. The van der Waals surface area contributed by atoms with Crippen molar-refractivity contribution in [1.82, 2.24) is 9.88 Å². The van der Waals surface area contributed by atoms with Gasteiger partial charge in [-0.1, -0.05) is 18.0 Å². The molecule has 108 valence electrons. The quantitative estimate of drug-likeness (QED) is 0.798. The lowest BCUT2D eigenvalue weighted by atomic mass is 9.88. The summed E-state index contributed by atoms with van der Waals surface area (Å²) < 4.78 is 0. The number of pyridine rings is 1. The van der Waals surface area contributed by atoms with Gasteiger partial charge in [0.2, 0.25) is 0 Å². The number of aromatic nitrogens is 1. The van der Waals surface area contributed by atoms with Crippen molar-refractivity contribution in [2.24, 2.45) is 17.8 Å². The molecule has 2 saturated carbocycles. The fraction of sp³-hybridized carbons (Fsp3) is 0.625. The molecule has 0 aliphatic heterocycles. The number of amides is 1. The van der Waals surface area contributed by atoms with Crippen LogP contribution in [0.1, 0.15) is 41.7 Å². The normalized spacial score (nSPS) is 27.9. The van der Waals surface area contributed by atoms with Crippen molar-refractivity contribution in [3.05, 3.63) is 28.5 Å². The predicted octanol–water partition coefficient (Wildman–Crippen LogP) is 3.55. The largest absolute Gasteiger partial charge is 0.341 e. The third kappa shape index (κ3) is 2.69. The highest BCUT2D eigenvalue weighted by molar-refractivity contribution is 6.29. The molecule has 2 fully saturated rings. The zero-order valence-electron chi connectivity index (χ0n) is 12.1. The molecule has 0 radical (unpaired) electrons. The maximum absolute atomic E-state index is 12.5. The van der Waals surface area contributed by atoms with E-state index in [1.165, 1.54) is 25.7 Å². The van der Waals surface area contributed by atoms with Crippen LogP contribution < -0.4 is 0 Å². The molecule has 3 nitrogen and oxygen atoms in total. The van der Waals surface area contributed by atoms with Gasteiger partial charge in [0.25, 0.3) is 5.91 Å². The molecule has 1 aromatic heterocycles. The number of carbonyl (C=O) groups excluding carboxylic acids is 1. The van der Waals surface area contributed by atoms with Crippen molar-refractivity contribution in [3.63, 3.8) is 0 Å². The summed E-state index contributed by atoms with van der Waals surface area (Å²) in [5.74, 6) is 2.52. The zero-order valence-corrected chi connectivity index (χ0v) is 12.9. The highest BCUT2D eigenvalue weighted by Gasteiger charge is 2.40. The van der Waals surface area contributed by atoms with Gasteiger partial charge in [-0.2, -0.15) is 0 Å². The van der Waals surface area contributed by atoms with Crippen LogP contribution >= 0.6 is 11.6 Å². The minimum atomic E-state index is 0.0557. The van der Waals surface area contributed by atoms with Crippen molar-refractivity contribution >= 4 is 17.5 Å². The lowest BCUT2D eigenvalue weighted by molar-refractivity contribution is 0.0754. The number of rotatable bonds is 3. The molecule has 2 aliphatic rings. The second-order valence-electron chi connectivity index (χ2n) is 6.44. The molecule has 2 aliphatic carbocycles. The Bertz CT molecular complexity index is 511. The highest BCUT2D eigenvalue weighted by atomic mass is 35.5. The number of fused-ring (bicyclic) bond motifs is 2. The van der Waals surface area contributed by atoms with Gasteiger partial charge in [0.1, 0.15) is 5.15 Å². The first-order valence-electron chi connectivity index (χ1n) is 7.42. The molecular formula is C16H21ClN2O. The average Bonchev–Trinajstić information content (AvgIpc) is 2.98. The highest BCUT2D eigenvalue weighted by Crippen LogP contribution is 2.48. The van der Waals surface area contributed by atoms with Crippen LogP contribution in [0.2, 0.25) is 5.15 Å². The summed E-state index contributed by atoms with van der Waals surface area (Å²) in [5, 5.41) is 0.390. The molecule has 0 spiro atoms. The standard InChI is InChI=1S/C16H21ClN2O/c1-10-5-13(8-15(17)18-10)16(20)19(2)9-14-7-11-3-4-12(14)6-11/h5,8,11-12,14H,3-4,6-7,9H2,1-2H3. The van der Waals surface area contributed by atoms with E-state index in [4.69, 9.17) is 11.6 Å². The maximum Gasteiger partial charge on any atom is 0.253 e. The minimum Gasteiger partial charge on any atom is -0.341 e. The van der Waals surface area contributed by atoms with Crippen LogP contribution in [0.25, 0.3) is 0 Å². The Kier molecular flexibility index (Phi) is 3.72. The van der Waals surface area contributed by atoms with Crippen molar-refractivity contribution in [3.8, 4) is 0 Å². The van der Waals surface area contributed by atoms with Gasteiger partial charge in [0.05, 0.1) is 0 Å². The zero-order chi connectivity index (χ0) is 14.3. The van der Waals surface area contributed by atoms with E-state index < -0.39 is 0 Å². The molecule has 0 saturated heterocycles. The summed E-state index contributed by atoms with van der Waals surface area (Å²) in [6.45, 7) is 2.73. The van der Waals surface area contributed by atoms with E-state index in [0.717, 1.165) is 24.1 Å². The molecule has 0 aromatic carbocycles. The van der Waals surface area contributed by atoms with E-state index in [2.05, 4.69) is 4.98 Å². The Morgan fingerprint density at radius 2 is 2.20 bits per heavy atom. The van der Waals surface area contributed by atoms with Crippen molar-refractivity contribution in [1.29, 1.82) is 0 Å². The molecule has 3 atom stereocenters. The van der Waals surface area contributed by atoms with Crippen molar-refractivity contribution in [2.45, 2.75) is 32.6 Å². The summed E-state index contributed by atoms with van der Waals surface area (Å²) in [6, 6.07) is 3.47. The van der Waals surface area contributed by atoms with Crippen LogP contribution in [0, 0.1) is 24.7 Å². The molecule has 1 amide bonds. The van der Waals surface area contributed by atoms with E-state index in [1.807, 2.05) is 24.9 Å². The topological polar surface area (TPSA) is 33.2 Å². The smallest absolute Gasteiger partial charge is 0.253 e. The Balaban J connectivity index is 1.67. The fourth-order valence-electron chi connectivity index (χ4n) is 4.01. The summed E-state index contributed by atoms with van der Waals surface area (Å²) in [5.41, 5.74) is 1.43. The first-order valence-corrected chi connectivity index (χ1v) is 7.80. The van der Waals surface area contributed by atoms with Gasteiger partial charge in [0.15, 0.2) is 0 Å². The van der Waals surface area contributed by atoms with Crippen LogP contribution in [-0.2, 0) is 0 Å². The number of carbonyl (C=O) groups is 1. The van der Waals surface area contributed by atoms with Crippen molar-refractivity contribution < 1.29 is 4.79 Å². The van der Waals surface area contributed by atoms with Gasteiger partial charge < -0.3 is 4.90 Å². The third-order valence-corrected chi connectivity index (χ3v) is 5.10. The maximum atomic E-state index is 12.5.